The van der Waals surface area contributed by atoms with E-state index in [1.165, 1.54) is 32.1 Å². The number of hydrogen-bond acceptors (Lipinski definition) is 2. The molecule has 7 unspecified atom stereocenters. The van der Waals surface area contributed by atoms with Gasteiger partial charge in [0.25, 0.3) is 0 Å². The van der Waals surface area contributed by atoms with E-state index in [0.717, 1.165) is 42.9 Å². The summed E-state index contributed by atoms with van der Waals surface area (Å²) in [6.45, 7) is 2.41. The van der Waals surface area contributed by atoms with Gasteiger partial charge >= 0.3 is 0 Å². The molecule has 4 aliphatic rings. The van der Waals surface area contributed by atoms with Crippen LogP contribution in [0.25, 0.3) is 0 Å². The Balaban J connectivity index is 1.59. The summed E-state index contributed by atoms with van der Waals surface area (Å²) < 4.78 is 0. The number of aliphatic hydroxyl groups is 1. The van der Waals surface area contributed by atoms with Crippen molar-refractivity contribution in [2.45, 2.75) is 64.4 Å². The molecule has 0 radical (unpaired) electrons. The Kier molecular flexibility index (Phi) is 4.25. The van der Waals surface area contributed by atoms with Gasteiger partial charge in [0, 0.05) is 5.92 Å². The Morgan fingerprint density at radius 1 is 1.26 bits per heavy atom. The van der Waals surface area contributed by atoms with Crippen molar-refractivity contribution in [3.8, 4) is 0 Å². The van der Waals surface area contributed by atoms with E-state index < -0.39 is 0 Å². The van der Waals surface area contributed by atoms with Gasteiger partial charge in [-0.2, -0.15) is 0 Å². The second-order valence-electron chi connectivity index (χ2n) is 8.77. The molecule has 0 spiro atoms. The third-order valence-electron chi connectivity index (χ3n) is 7.94. The fourth-order valence-electron chi connectivity index (χ4n) is 6.87. The highest BCUT2D eigenvalue weighted by atomic mass is 79.9. The highest BCUT2D eigenvalue weighted by Gasteiger charge is 2.57. The number of carbonyl (C=O) groups is 1. The minimum absolute atomic E-state index is 0.102. The molecular weight excluding hydrogens is 352 g/mol. The number of hydrogen-bond donors (Lipinski definition) is 1. The first-order valence-corrected chi connectivity index (χ1v) is 10.6. The molecule has 3 fully saturated rings. The lowest BCUT2D eigenvalue weighted by atomic mass is 9.51. The smallest absolute Gasteiger partial charge is 0.147 e. The number of rotatable bonds is 2. The van der Waals surface area contributed by atoms with Gasteiger partial charge in [0.1, 0.15) is 5.78 Å². The molecule has 7 atom stereocenters. The largest absolute Gasteiger partial charge is 0.393 e. The fourth-order valence-corrected chi connectivity index (χ4v) is 7.26. The highest BCUT2D eigenvalue weighted by Crippen LogP contribution is 2.63. The molecule has 0 heterocycles. The third-order valence-corrected chi connectivity index (χ3v) is 8.49. The Morgan fingerprint density at radius 3 is 2.87 bits per heavy atom. The number of allylic oxidation sites excluding steroid dienone is 1. The van der Waals surface area contributed by atoms with Crippen molar-refractivity contribution in [2.75, 3.05) is 5.33 Å². The Labute approximate surface area is 148 Å². The zero-order valence-corrected chi connectivity index (χ0v) is 15.7. The molecule has 0 bridgehead atoms. The maximum Gasteiger partial charge on any atom is 0.147 e. The molecule has 2 nitrogen and oxygen atoms in total. The summed E-state index contributed by atoms with van der Waals surface area (Å²) in [7, 11) is 0. The van der Waals surface area contributed by atoms with E-state index >= 15 is 0 Å². The molecule has 1 N–H and O–H groups in total. The van der Waals surface area contributed by atoms with Crippen LogP contribution in [-0.2, 0) is 4.79 Å². The predicted octanol–water partition coefficient (Wildman–Crippen LogP) is 4.50. The summed E-state index contributed by atoms with van der Waals surface area (Å²) in [4.78, 5) is 12.4. The molecule has 3 heteroatoms. The monoisotopic (exact) mass is 380 g/mol. The maximum atomic E-state index is 12.4. The first-order valence-electron chi connectivity index (χ1n) is 9.50. The molecule has 0 amide bonds. The first kappa shape index (κ1) is 16.3. The van der Waals surface area contributed by atoms with Crippen LogP contribution in [-0.4, -0.2) is 22.3 Å². The van der Waals surface area contributed by atoms with E-state index in [-0.39, 0.29) is 17.4 Å². The molecule has 0 aliphatic heterocycles. The van der Waals surface area contributed by atoms with Crippen LogP contribution in [0.2, 0.25) is 0 Å². The van der Waals surface area contributed by atoms with E-state index in [9.17, 15) is 9.90 Å². The van der Waals surface area contributed by atoms with Crippen molar-refractivity contribution in [1.29, 1.82) is 0 Å². The average molecular weight is 381 g/mol. The lowest BCUT2D eigenvalue weighted by Gasteiger charge is -2.53. The second-order valence-corrected chi connectivity index (χ2v) is 9.33. The zero-order chi connectivity index (χ0) is 16.2. The molecule has 0 saturated heterocycles. The molecule has 23 heavy (non-hydrogen) atoms. The van der Waals surface area contributed by atoms with Crippen LogP contribution in [0.4, 0.5) is 0 Å². The predicted molar refractivity (Wildman–Crippen MR) is 95.4 cm³/mol. The quantitative estimate of drug-likeness (QED) is 0.565. The fraction of sp³-hybridized carbons (Fsp3) is 0.850. The van der Waals surface area contributed by atoms with Crippen LogP contribution in [0.5, 0.6) is 0 Å². The first-order chi connectivity index (χ1) is 11.0. The number of carbonyl (C=O) groups excluding carboxylic acids is 1. The summed E-state index contributed by atoms with van der Waals surface area (Å²) in [5.74, 6) is 3.78. The second kappa shape index (κ2) is 5.98. The minimum atomic E-state index is -0.102. The van der Waals surface area contributed by atoms with E-state index in [1.807, 2.05) is 0 Å². The summed E-state index contributed by atoms with van der Waals surface area (Å²) in [6.07, 6.45) is 11.5. The van der Waals surface area contributed by atoms with Gasteiger partial charge in [0.05, 0.1) is 11.4 Å². The number of Topliss-reactive ketones (excluding diaryl/α,β-unsaturated/α-hetero) is 1. The molecule has 128 valence electrons. The molecule has 3 saturated carbocycles. The number of ketones is 1. The van der Waals surface area contributed by atoms with E-state index in [2.05, 4.69) is 28.9 Å². The Bertz CT molecular complexity index is 528. The summed E-state index contributed by atoms with van der Waals surface area (Å²) in [5.41, 5.74) is 1.80. The van der Waals surface area contributed by atoms with Crippen LogP contribution in [0.3, 0.4) is 0 Å². The van der Waals surface area contributed by atoms with Crippen molar-refractivity contribution >= 4 is 21.7 Å². The summed E-state index contributed by atoms with van der Waals surface area (Å²) in [5, 5.41) is 10.5. The van der Waals surface area contributed by atoms with Gasteiger partial charge in [0.2, 0.25) is 0 Å². The van der Waals surface area contributed by atoms with Crippen molar-refractivity contribution < 1.29 is 9.90 Å². The normalized spacial score (nSPS) is 48.9. The van der Waals surface area contributed by atoms with Gasteiger partial charge in [-0.15, -0.1) is 0 Å². The standard InChI is InChI=1S/C20H29BrO2/c1-20-9-8-15-14-5-3-13(22)10-12(14)2-4-16(15)17(20)6-7-18(20)19(23)11-21/h2,13-18,22H,3-11H2,1H3. The van der Waals surface area contributed by atoms with Crippen LogP contribution in [0.15, 0.2) is 11.6 Å². The van der Waals surface area contributed by atoms with Crippen LogP contribution < -0.4 is 0 Å². The maximum absolute atomic E-state index is 12.4. The molecule has 0 aromatic carbocycles. The van der Waals surface area contributed by atoms with Crippen molar-refractivity contribution in [3.05, 3.63) is 11.6 Å². The lowest BCUT2D eigenvalue weighted by molar-refractivity contribution is -0.126. The van der Waals surface area contributed by atoms with Crippen LogP contribution in [0.1, 0.15) is 58.3 Å². The molecule has 4 rings (SSSR count). The minimum Gasteiger partial charge on any atom is -0.393 e. The summed E-state index contributed by atoms with van der Waals surface area (Å²) in [6, 6.07) is 0. The zero-order valence-electron chi connectivity index (χ0n) is 14.1. The Hall–Kier alpha value is -0.150. The number of halogens is 1. The average Bonchev–Trinajstić information content (AvgIpc) is 2.90. The number of alkyl halides is 1. The molecular formula is C20H29BrO2. The van der Waals surface area contributed by atoms with Gasteiger partial charge in [-0.1, -0.05) is 34.5 Å². The molecule has 4 aliphatic carbocycles. The number of aliphatic hydroxyl groups excluding tert-OH is 1. The van der Waals surface area contributed by atoms with Gasteiger partial charge in [-0.3, -0.25) is 4.79 Å². The van der Waals surface area contributed by atoms with Gasteiger partial charge in [0.15, 0.2) is 0 Å². The van der Waals surface area contributed by atoms with Gasteiger partial charge < -0.3 is 5.11 Å². The third kappa shape index (κ3) is 2.49. The topological polar surface area (TPSA) is 37.3 Å². The lowest BCUT2D eigenvalue weighted by Crippen LogP contribution is -2.47. The highest BCUT2D eigenvalue weighted by molar-refractivity contribution is 9.09. The Morgan fingerprint density at radius 2 is 2.09 bits per heavy atom. The van der Waals surface area contributed by atoms with Crippen molar-refractivity contribution in [3.63, 3.8) is 0 Å². The molecule has 0 aromatic rings. The van der Waals surface area contributed by atoms with Crippen molar-refractivity contribution in [1.82, 2.24) is 0 Å². The van der Waals surface area contributed by atoms with Crippen LogP contribution in [0, 0.1) is 35.0 Å². The van der Waals surface area contributed by atoms with Gasteiger partial charge in [-0.25, -0.2) is 0 Å². The van der Waals surface area contributed by atoms with Crippen molar-refractivity contribution in [2.24, 2.45) is 35.0 Å². The van der Waals surface area contributed by atoms with E-state index in [1.54, 1.807) is 5.57 Å². The summed E-state index contributed by atoms with van der Waals surface area (Å²) >= 11 is 3.40. The van der Waals surface area contributed by atoms with E-state index in [4.69, 9.17) is 0 Å². The molecule has 0 aromatic heterocycles. The van der Waals surface area contributed by atoms with Gasteiger partial charge in [-0.05, 0) is 80.5 Å². The SMILES string of the molecule is CC12CCC3C4CCC(O)CC4=CCC3C1CCC2C(=O)CBr. The van der Waals surface area contributed by atoms with Crippen LogP contribution >= 0.6 is 15.9 Å². The van der Waals surface area contributed by atoms with E-state index in [0.29, 0.717) is 11.1 Å². The number of fused-ring (bicyclic) bond motifs is 5.